The lowest BCUT2D eigenvalue weighted by Gasteiger charge is -2.13. The maximum absolute atomic E-state index is 13.9. The molecule has 0 aliphatic heterocycles. The van der Waals surface area contributed by atoms with Gasteiger partial charge in [0.15, 0.2) is 5.16 Å². The molecule has 1 N–H and O–H groups in total. The van der Waals surface area contributed by atoms with Crippen molar-refractivity contribution in [1.82, 2.24) is 14.9 Å². The van der Waals surface area contributed by atoms with E-state index < -0.39 is 0 Å². The molecule has 0 radical (unpaired) electrons. The molecule has 5 nitrogen and oxygen atoms in total. The number of hydrogen-bond donors (Lipinski definition) is 1. The van der Waals surface area contributed by atoms with Crippen molar-refractivity contribution < 1.29 is 4.79 Å². The van der Waals surface area contributed by atoms with Crippen molar-refractivity contribution in [3.63, 3.8) is 0 Å². The number of amides is 1. The Balaban J connectivity index is 1.61. The van der Waals surface area contributed by atoms with Gasteiger partial charge in [-0.2, -0.15) is 0 Å². The molecular weight excluding hydrogens is 474 g/mol. The summed E-state index contributed by atoms with van der Waals surface area (Å²) in [5, 5.41) is 4.78. The zero-order valence-electron chi connectivity index (χ0n) is 18.0. The summed E-state index contributed by atoms with van der Waals surface area (Å²) in [6, 6.07) is 17.7. The van der Waals surface area contributed by atoms with E-state index in [1.54, 1.807) is 4.57 Å². The van der Waals surface area contributed by atoms with Crippen molar-refractivity contribution in [3.05, 3.63) is 80.4 Å². The van der Waals surface area contributed by atoms with E-state index in [0.29, 0.717) is 33.0 Å². The standard InChI is InChI=1S/C25H22ClN3O2S2/c1-15-21(17-8-5-9-18(26)12-17)22-23(33-15)28-25(32-14-20(30)27-19-10-11-19)29(24(22)31)13-16-6-3-2-4-7-16/h2-9,12,19H,10-11,13-14H2,1H3,(H,27,30). The second-order valence-electron chi connectivity index (χ2n) is 8.13. The molecule has 4 aromatic rings. The van der Waals surface area contributed by atoms with Crippen molar-refractivity contribution in [2.24, 2.45) is 0 Å². The molecule has 1 fully saturated rings. The van der Waals surface area contributed by atoms with Crippen LogP contribution in [0.15, 0.2) is 64.5 Å². The first-order valence-corrected chi connectivity index (χ1v) is 12.9. The topological polar surface area (TPSA) is 64.0 Å². The number of thioether (sulfide) groups is 1. The first kappa shape index (κ1) is 22.2. The predicted molar refractivity (Wildman–Crippen MR) is 136 cm³/mol. The Bertz CT molecular complexity index is 1390. The van der Waals surface area contributed by atoms with Gasteiger partial charge in [-0.05, 0) is 43.0 Å². The van der Waals surface area contributed by atoms with Gasteiger partial charge in [-0.25, -0.2) is 4.98 Å². The molecule has 2 aromatic heterocycles. The second-order valence-corrected chi connectivity index (χ2v) is 10.7. The minimum absolute atomic E-state index is 0.0231. The van der Waals surface area contributed by atoms with E-state index in [9.17, 15) is 9.59 Å². The highest BCUT2D eigenvalue weighted by molar-refractivity contribution is 7.99. The van der Waals surface area contributed by atoms with E-state index in [0.717, 1.165) is 34.4 Å². The third kappa shape index (κ3) is 4.86. The van der Waals surface area contributed by atoms with Crippen LogP contribution in [0.25, 0.3) is 21.3 Å². The number of fused-ring (bicyclic) bond motifs is 1. The molecule has 2 aromatic carbocycles. The predicted octanol–water partition coefficient (Wildman–Crippen LogP) is 5.51. The van der Waals surface area contributed by atoms with Crippen molar-refractivity contribution in [2.45, 2.75) is 37.5 Å². The van der Waals surface area contributed by atoms with Crippen LogP contribution in [-0.2, 0) is 11.3 Å². The van der Waals surface area contributed by atoms with Crippen molar-refractivity contribution in [3.8, 4) is 11.1 Å². The minimum Gasteiger partial charge on any atom is -0.353 e. The fourth-order valence-corrected chi connectivity index (χ4v) is 5.90. The Morgan fingerprint density at radius 3 is 2.73 bits per heavy atom. The Morgan fingerprint density at radius 1 is 1.21 bits per heavy atom. The average Bonchev–Trinajstić information content (AvgIpc) is 3.55. The summed E-state index contributed by atoms with van der Waals surface area (Å²) in [4.78, 5) is 32.7. The Kier molecular flexibility index (Phi) is 6.27. The van der Waals surface area contributed by atoms with Gasteiger partial charge in [0.2, 0.25) is 5.91 Å². The number of halogens is 1. The first-order valence-electron chi connectivity index (χ1n) is 10.8. The van der Waals surface area contributed by atoms with Gasteiger partial charge < -0.3 is 5.32 Å². The van der Waals surface area contributed by atoms with Gasteiger partial charge in [-0.3, -0.25) is 14.2 Å². The molecule has 0 unspecified atom stereocenters. The van der Waals surface area contributed by atoms with Crippen LogP contribution in [0.2, 0.25) is 5.02 Å². The van der Waals surface area contributed by atoms with Crippen LogP contribution in [0.1, 0.15) is 23.3 Å². The normalized spacial score (nSPS) is 13.4. The molecule has 2 heterocycles. The Morgan fingerprint density at radius 2 is 2.00 bits per heavy atom. The first-order chi connectivity index (χ1) is 16.0. The molecule has 5 rings (SSSR count). The molecule has 1 saturated carbocycles. The molecule has 0 saturated heterocycles. The lowest BCUT2D eigenvalue weighted by Crippen LogP contribution is -2.28. The molecule has 0 bridgehead atoms. The van der Waals surface area contributed by atoms with E-state index in [1.165, 1.54) is 23.1 Å². The highest BCUT2D eigenvalue weighted by Gasteiger charge is 2.24. The number of carbonyl (C=O) groups excluding carboxylic acids is 1. The molecule has 1 aliphatic rings. The highest BCUT2D eigenvalue weighted by Crippen LogP contribution is 2.37. The van der Waals surface area contributed by atoms with Crippen molar-refractivity contribution in [2.75, 3.05) is 5.75 Å². The molecule has 1 aliphatic carbocycles. The van der Waals surface area contributed by atoms with E-state index in [2.05, 4.69) is 5.32 Å². The maximum Gasteiger partial charge on any atom is 0.263 e. The van der Waals surface area contributed by atoms with E-state index in [4.69, 9.17) is 16.6 Å². The minimum atomic E-state index is -0.103. The summed E-state index contributed by atoms with van der Waals surface area (Å²) in [5.74, 6) is 0.208. The van der Waals surface area contributed by atoms with E-state index >= 15 is 0 Å². The summed E-state index contributed by atoms with van der Waals surface area (Å²) < 4.78 is 1.69. The van der Waals surface area contributed by atoms with Crippen LogP contribution in [0.4, 0.5) is 0 Å². The number of aromatic nitrogens is 2. The van der Waals surface area contributed by atoms with Gasteiger partial charge in [-0.15, -0.1) is 11.3 Å². The van der Waals surface area contributed by atoms with Crippen molar-refractivity contribution >= 4 is 50.8 Å². The number of benzene rings is 2. The largest absolute Gasteiger partial charge is 0.353 e. The molecule has 8 heteroatoms. The number of rotatable bonds is 7. The summed E-state index contributed by atoms with van der Waals surface area (Å²) in [6.45, 7) is 2.39. The lowest BCUT2D eigenvalue weighted by atomic mass is 10.0. The van der Waals surface area contributed by atoms with Gasteiger partial charge in [0.05, 0.1) is 17.7 Å². The molecular formula is C25H22ClN3O2S2. The van der Waals surface area contributed by atoms with Crippen molar-refractivity contribution in [1.29, 1.82) is 0 Å². The van der Waals surface area contributed by atoms with Crippen LogP contribution in [0.5, 0.6) is 0 Å². The zero-order chi connectivity index (χ0) is 22.9. The number of nitrogens with one attached hydrogen (secondary N) is 1. The van der Waals surface area contributed by atoms with Crippen LogP contribution < -0.4 is 10.9 Å². The summed E-state index contributed by atoms with van der Waals surface area (Å²) in [7, 11) is 0. The van der Waals surface area contributed by atoms with Crippen LogP contribution >= 0.6 is 34.7 Å². The summed E-state index contributed by atoms with van der Waals surface area (Å²) >= 11 is 9.05. The molecule has 33 heavy (non-hydrogen) atoms. The second kappa shape index (κ2) is 9.33. The SMILES string of the molecule is Cc1sc2nc(SCC(=O)NC3CC3)n(Cc3ccccc3)c(=O)c2c1-c1cccc(Cl)c1. The summed E-state index contributed by atoms with van der Waals surface area (Å²) in [5.41, 5.74) is 2.68. The smallest absolute Gasteiger partial charge is 0.263 e. The monoisotopic (exact) mass is 495 g/mol. The number of carbonyl (C=O) groups is 1. The van der Waals surface area contributed by atoms with E-state index in [1.807, 2.05) is 61.5 Å². The molecule has 168 valence electrons. The van der Waals surface area contributed by atoms with Crippen LogP contribution in [0, 0.1) is 6.92 Å². The van der Waals surface area contributed by atoms with Gasteiger partial charge in [0, 0.05) is 21.5 Å². The number of aryl methyl sites for hydroxylation is 1. The Labute approximate surface area is 204 Å². The third-order valence-corrected chi connectivity index (χ3v) is 7.74. The van der Waals surface area contributed by atoms with Crippen LogP contribution in [-0.4, -0.2) is 27.3 Å². The van der Waals surface area contributed by atoms with Gasteiger partial charge >= 0.3 is 0 Å². The fraction of sp³-hybridized carbons (Fsp3) is 0.240. The number of nitrogens with zero attached hydrogens (tertiary/aromatic N) is 2. The Hall–Kier alpha value is -2.61. The van der Waals surface area contributed by atoms with Gasteiger partial charge in [0.25, 0.3) is 5.56 Å². The number of thiophene rings is 1. The highest BCUT2D eigenvalue weighted by atomic mass is 35.5. The third-order valence-electron chi connectivity index (χ3n) is 5.52. The fourth-order valence-electron chi connectivity index (χ4n) is 3.81. The van der Waals surface area contributed by atoms with Crippen LogP contribution in [0.3, 0.4) is 0 Å². The van der Waals surface area contributed by atoms with Gasteiger partial charge in [-0.1, -0.05) is 65.8 Å². The average molecular weight is 496 g/mol. The quantitative estimate of drug-likeness (QED) is 0.271. The lowest BCUT2D eigenvalue weighted by molar-refractivity contribution is -0.118. The van der Waals surface area contributed by atoms with Gasteiger partial charge in [0.1, 0.15) is 4.83 Å². The molecule has 0 atom stereocenters. The van der Waals surface area contributed by atoms with E-state index in [-0.39, 0.29) is 17.2 Å². The maximum atomic E-state index is 13.9. The number of hydrogen-bond acceptors (Lipinski definition) is 5. The molecule has 0 spiro atoms. The molecule has 1 amide bonds. The zero-order valence-corrected chi connectivity index (χ0v) is 20.4. The summed E-state index contributed by atoms with van der Waals surface area (Å²) in [6.07, 6.45) is 2.08.